The van der Waals surface area contributed by atoms with Crippen molar-refractivity contribution in [3.8, 4) is 0 Å². The van der Waals surface area contributed by atoms with E-state index in [1.807, 2.05) is 0 Å². The predicted molar refractivity (Wildman–Crippen MR) is 69.3 cm³/mol. The minimum Gasteiger partial charge on any atom is -0.330 e. The first-order chi connectivity index (χ1) is 7.70. The molecule has 94 valence electrons. The molecule has 0 amide bonds. The standard InChI is InChI=1S/C14H28N2/c1-11-5-6-13(9-15)14(8-11)16-7-3-4-12(2)10-16/h11-14H,3-10,15H2,1-2H3. The zero-order valence-corrected chi connectivity index (χ0v) is 11.0. The van der Waals surface area contributed by atoms with Gasteiger partial charge in [-0.3, -0.25) is 4.90 Å². The molecule has 16 heavy (non-hydrogen) atoms. The number of likely N-dealkylation sites (tertiary alicyclic amines) is 1. The van der Waals surface area contributed by atoms with Crippen molar-refractivity contribution in [3.63, 3.8) is 0 Å². The molecule has 0 spiro atoms. The lowest BCUT2D eigenvalue weighted by atomic mass is 9.77. The van der Waals surface area contributed by atoms with Crippen molar-refractivity contribution in [2.45, 2.75) is 52.0 Å². The fraction of sp³-hybridized carbons (Fsp3) is 1.00. The van der Waals surface area contributed by atoms with Gasteiger partial charge in [0.25, 0.3) is 0 Å². The normalized spacial score (nSPS) is 42.2. The van der Waals surface area contributed by atoms with Gasteiger partial charge < -0.3 is 5.73 Å². The summed E-state index contributed by atoms with van der Waals surface area (Å²) in [5, 5.41) is 0. The van der Waals surface area contributed by atoms with Gasteiger partial charge >= 0.3 is 0 Å². The average Bonchev–Trinajstić information content (AvgIpc) is 2.29. The Balaban J connectivity index is 1.98. The molecule has 2 aliphatic rings. The summed E-state index contributed by atoms with van der Waals surface area (Å²) in [5.74, 6) is 2.57. The van der Waals surface area contributed by atoms with Gasteiger partial charge in [-0.15, -0.1) is 0 Å². The minimum atomic E-state index is 0.765. The van der Waals surface area contributed by atoms with Crippen LogP contribution in [-0.2, 0) is 0 Å². The number of hydrogen-bond donors (Lipinski definition) is 1. The third kappa shape index (κ3) is 2.78. The number of nitrogens with zero attached hydrogens (tertiary/aromatic N) is 1. The fourth-order valence-corrected chi connectivity index (χ4v) is 3.66. The summed E-state index contributed by atoms with van der Waals surface area (Å²) in [4.78, 5) is 2.75. The van der Waals surface area contributed by atoms with E-state index in [9.17, 15) is 0 Å². The Kier molecular flexibility index (Phi) is 4.26. The van der Waals surface area contributed by atoms with Gasteiger partial charge in [0.05, 0.1) is 0 Å². The van der Waals surface area contributed by atoms with Gasteiger partial charge in [0.1, 0.15) is 0 Å². The zero-order valence-electron chi connectivity index (χ0n) is 11.0. The minimum absolute atomic E-state index is 0.765. The fourth-order valence-electron chi connectivity index (χ4n) is 3.66. The van der Waals surface area contributed by atoms with Gasteiger partial charge in [-0.25, -0.2) is 0 Å². The maximum atomic E-state index is 5.95. The van der Waals surface area contributed by atoms with Gasteiger partial charge in [-0.05, 0) is 56.5 Å². The van der Waals surface area contributed by atoms with E-state index in [4.69, 9.17) is 5.73 Å². The van der Waals surface area contributed by atoms with Crippen LogP contribution in [0.3, 0.4) is 0 Å². The molecule has 2 nitrogen and oxygen atoms in total. The molecule has 1 saturated carbocycles. The van der Waals surface area contributed by atoms with Gasteiger partial charge in [-0.1, -0.05) is 20.3 Å². The molecule has 2 fully saturated rings. The molecule has 0 bridgehead atoms. The van der Waals surface area contributed by atoms with Gasteiger partial charge in [0, 0.05) is 12.6 Å². The lowest BCUT2D eigenvalue weighted by Crippen LogP contribution is -2.50. The molecule has 1 saturated heterocycles. The summed E-state index contributed by atoms with van der Waals surface area (Å²) >= 11 is 0. The van der Waals surface area contributed by atoms with Gasteiger partial charge in [-0.2, -0.15) is 0 Å². The Bertz CT molecular complexity index is 217. The van der Waals surface area contributed by atoms with Crippen molar-refractivity contribution in [1.29, 1.82) is 0 Å². The Morgan fingerprint density at radius 3 is 2.62 bits per heavy atom. The van der Waals surface area contributed by atoms with E-state index in [1.165, 1.54) is 45.2 Å². The van der Waals surface area contributed by atoms with Crippen LogP contribution < -0.4 is 5.73 Å². The molecular formula is C14H28N2. The van der Waals surface area contributed by atoms with Crippen molar-refractivity contribution >= 4 is 0 Å². The summed E-state index contributed by atoms with van der Waals surface area (Å²) < 4.78 is 0. The Morgan fingerprint density at radius 1 is 1.12 bits per heavy atom. The molecule has 0 aromatic rings. The van der Waals surface area contributed by atoms with Crippen LogP contribution in [0, 0.1) is 17.8 Å². The summed E-state index contributed by atoms with van der Waals surface area (Å²) in [7, 11) is 0. The molecule has 1 aliphatic carbocycles. The number of nitrogens with two attached hydrogens (primary N) is 1. The summed E-state index contributed by atoms with van der Waals surface area (Å²) in [6.07, 6.45) is 6.94. The Labute approximate surface area is 101 Å². The highest BCUT2D eigenvalue weighted by Gasteiger charge is 2.33. The maximum absolute atomic E-state index is 5.95. The maximum Gasteiger partial charge on any atom is 0.0138 e. The first-order valence-electron chi connectivity index (χ1n) is 7.14. The largest absolute Gasteiger partial charge is 0.330 e. The molecule has 0 aromatic carbocycles. The second-order valence-corrected chi connectivity index (χ2v) is 6.22. The van der Waals surface area contributed by atoms with Crippen molar-refractivity contribution in [2.75, 3.05) is 19.6 Å². The van der Waals surface area contributed by atoms with Crippen LogP contribution in [0.5, 0.6) is 0 Å². The lowest BCUT2D eigenvalue weighted by molar-refractivity contribution is 0.0530. The molecular weight excluding hydrogens is 196 g/mol. The molecule has 2 rings (SSSR count). The highest BCUT2D eigenvalue weighted by atomic mass is 15.2. The predicted octanol–water partition coefficient (Wildman–Crippen LogP) is 2.48. The lowest BCUT2D eigenvalue weighted by Gasteiger charge is -2.44. The summed E-state index contributed by atoms with van der Waals surface area (Å²) in [6.45, 7) is 8.33. The van der Waals surface area contributed by atoms with Crippen LogP contribution in [0.2, 0.25) is 0 Å². The van der Waals surface area contributed by atoms with Crippen LogP contribution in [0.25, 0.3) is 0 Å². The molecule has 1 heterocycles. The summed E-state index contributed by atoms with van der Waals surface area (Å²) in [6, 6.07) is 0.788. The Morgan fingerprint density at radius 2 is 1.94 bits per heavy atom. The summed E-state index contributed by atoms with van der Waals surface area (Å²) in [5.41, 5.74) is 5.95. The van der Waals surface area contributed by atoms with E-state index in [1.54, 1.807) is 0 Å². The second-order valence-electron chi connectivity index (χ2n) is 6.22. The molecule has 4 atom stereocenters. The van der Waals surface area contributed by atoms with Crippen molar-refractivity contribution < 1.29 is 0 Å². The molecule has 0 aromatic heterocycles. The number of piperidine rings is 1. The van der Waals surface area contributed by atoms with Crippen molar-refractivity contribution in [2.24, 2.45) is 23.5 Å². The van der Waals surface area contributed by atoms with Gasteiger partial charge in [0.2, 0.25) is 0 Å². The highest BCUT2D eigenvalue weighted by molar-refractivity contribution is 4.88. The third-order valence-corrected chi connectivity index (χ3v) is 4.68. The zero-order chi connectivity index (χ0) is 11.5. The second kappa shape index (κ2) is 5.50. The van der Waals surface area contributed by atoms with E-state index in [2.05, 4.69) is 18.7 Å². The van der Waals surface area contributed by atoms with Crippen molar-refractivity contribution in [1.82, 2.24) is 4.90 Å². The number of hydrogen-bond acceptors (Lipinski definition) is 2. The SMILES string of the molecule is CC1CCC(CN)C(N2CCCC(C)C2)C1. The average molecular weight is 224 g/mol. The van der Waals surface area contributed by atoms with Crippen LogP contribution in [-0.4, -0.2) is 30.6 Å². The first-order valence-corrected chi connectivity index (χ1v) is 7.14. The smallest absolute Gasteiger partial charge is 0.0138 e. The first kappa shape index (κ1) is 12.4. The van der Waals surface area contributed by atoms with Gasteiger partial charge in [0.15, 0.2) is 0 Å². The van der Waals surface area contributed by atoms with Crippen LogP contribution in [0.15, 0.2) is 0 Å². The molecule has 2 N–H and O–H groups in total. The van der Waals surface area contributed by atoms with Crippen molar-refractivity contribution in [3.05, 3.63) is 0 Å². The van der Waals surface area contributed by atoms with E-state index in [0.717, 1.165) is 30.3 Å². The molecule has 1 aliphatic heterocycles. The highest BCUT2D eigenvalue weighted by Crippen LogP contribution is 2.33. The van der Waals surface area contributed by atoms with Crippen LogP contribution >= 0.6 is 0 Å². The van der Waals surface area contributed by atoms with E-state index in [-0.39, 0.29) is 0 Å². The monoisotopic (exact) mass is 224 g/mol. The van der Waals surface area contributed by atoms with Crippen LogP contribution in [0.4, 0.5) is 0 Å². The Hall–Kier alpha value is -0.0800. The molecule has 4 unspecified atom stereocenters. The topological polar surface area (TPSA) is 29.3 Å². The quantitative estimate of drug-likeness (QED) is 0.781. The third-order valence-electron chi connectivity index (χ3n) is 4.68. The van der Waals surface area contributed by atoms with E-state index < -0.39 is 0 Å². The van der Waals surface area contributed by atoms with E-state index in [0.29, 0.717) is 0 Å². The van der Waals surface area contributed by atoms with E-state index >= 15 is 0 Å². The molecule has 2 heteroatoms. The number of rotatable bonds is 2. The molecule has 0 radical (unpaired) electrons. The van der Waals surface area contributed by atoms with Crippen LogP contribution in [0.1, 0.15) is 46.0 Å².